The smallest absolute Gasteiger partial charge is 0.155 e. The van der Waals surface area contributed by atoms with Crippen LogP contribution in [0.4, 0.5) is 0 Å². The van der Waals surface area contributed by atoms with Crippen molar-refractivity contribution in [2.75, 3.05) is 0 Å². The Morgan fingerprint density at radius 1 is 0.760 bits per heavy atom. The highest BCUT2D eigenvalue weighted by Crippen LogP contribution is 2.29. The zero-order valence-corrected chi connectivity index (χ0v) is 15.2. The summed E-state index contributed by atoms with van der Waals surface area (Å²) < 4.78 is 1.03. The van der Waals surface area contributed by atoms with Crippen LogP contribution in [0.25, 0.3) is 0 Å². The van der Waals surface area contributed by atoms with E-state index in [0.717, 1.165) is 33.6 Å². The van der Waals surface area contributed by atoms with Crippen molar-refractivity contribution in [2.24, 2.45) is 9.98 Å². The molecule has 1 atom stereocenters. The molecule has 0 bridgehead atoms. The van der Waals surface area contributed by atoms with Crippen molar-refractivity contribution < 1.29 is 0 Å². The van der Waals surface area contributed by atoms with Gasteiger partial charge in [0.05, 0.1) is 11.8 Å². The lowest BCUT2D eigenvalue weighted by Crippen LogP contribution is -2.17. The van der Waals surface area contributed by atoms with Gasteiger partial charge in [0.2, 0.25) is 0 Å². The summed E-state index contributed by atoms with van der Waals surface area (Å²) in [5.74, 6) is 0.792. The van der Waals surface area contributed by atoms with E-state index in [9.17, 15) is 0 Å². The molecule has 122 valence electrons. The largest absolute Gasteiger partial charge is 0.258 e. The van der Waals surface area contributed by atoms with E-state index in [1.165, 1.54) is 5.56 Å². The first kappa shape index (κ1) is 16.0. The van der Waals surface area contributed by atoms with E-state index in [2.05, 4.69) is 76.6 Å². The number of hydrogen-bond acceptors (Lipinski definition) is 2. The molecule has 0 fully saturated rings. The Balaban J connectivity index is 1.80. The van der Waals surface area contributed by atoms with Gasteiger partial charge in [0.1, 0.15) is 0 Å². The molecule has 4 rings (SSSR count). The molecule has 0 aliphatic carbocycles. The van der Waals surface area contributed by atoms with Crippen molar-refractivity contribution in [3.05, 3.63) is 106 Å². The van der Waals surface area contributed by atoms with Gasteiger partial charge >= 0.3 is 0 Å². The maximum Gasteiger partial charge on any atom is 0.155 e. The molecule has 1 heterocycles. The lowest BCUT2D eigenvalue weighted by atomic mass is 9.96. The molecule has 3 heteroatoms. The number of benzene rings is 3. The van der Waals surface area contributed by atoms with Crippen LogP contribution in [0.15, 0.2) is 99.4 Å². The van der Waals surface area contributed by atoms with Gasteiger partial charge in [-0.2, -0.15) is 0 Å². The summed E-state index contributed by atoms with van der Waals surface area (Å²) in [5.41, 5.74) is 4.49. The molecule has 0 saturated heterocycles. The Bertz CT molecular complexity index is 931. The van der Waals surface area contributed by atoms with Gasteiger partial charge in [-0.15, -0.1) is 0 Å². The van der Waals surface area contributed by atoms with Gasteiger partial charge in [-0.3, -0.25) is 4.99 Å². The van der Waals surface area contributed by atoms with Crippen LogP contribution in [0.5, 0.6) is 0 Å². The molecule has 0 aromatic heterocycles. The molecule has 3 aromatic carbocycles. The highest BCUT2D eigenvalue weighted by molar-refractivity contribution is 9.10. The number of hydrogen-bond donors (Lipinski definition) is 0. The second-order valence-corrected chi connectivity index (χ2v) is 6.93. The fraction of sp³-hybridized carbons (Fsp3) is 0.0909. The molecule has 0 saturated carbocycles. The molecule has 0 spiro atoms. The highest BCUT2D eigenvalue weighted by atomic mass is 79.9. The number of aliphatic imine (C=N–C) groups is 2. The monoisotopic (exact) mass is 388 g/mol. The average Bonchev–Trinajstić information content (AvgIpc) is 2.69. The Kier molecular flexibility index (Phi) is 4.57. The highest BCUT2D eigenvalue weighted by Gasteiger charge is 2.21. The maximum absolute atomic E-state index is 4.95. The molecule has 1 unspecified atom stereocenters. The third kappa shape index (κ3) is 3.62. The van der Waals surface area contributed by atoms with Crippen molar-refractivity contribution in [3.63, 3.8) is 0 Å². The van der Waals surface area contributed by atoms with Gasteiger partial charge in [0.15, 0.2) is 5.84 Å². The molecule has 1 aliphatic rings. The van der Waals surface area contributed by atoms with E-state index in [-0.39, 0.29) is 6.04 Å². The van der Waals surface area contributed by atoms with Gasteiger partial charge in [0.25, 0.3) is 0 Å². The predicted octanol–water partition coefficient (Wildman–Crippen LogP) is 5.83. The summed E-state index contributed by atoms with van der Waals surface area (Å²) in [7, 11) is 0. The fourth-order valence-corrected chi connectivity index (χ4v) is 3.43. The summed E-state index contributed by atoms with van der Waals surface area (Å²) in [4.78, 5) is 9.83. The molecule has 25 heavy (non-hydrogen) atoms. The summed E-state index contributed by atoms with van der Waals surface area (Å²) in [6.07, 6.45) is 0.811. The first-order valence-electron chi connectivity index (χ1n) is 8.31. The second-order valence-electron chi connectivity index (χ2n) is 6.02. The minimum atomic E-state index is 0.0860. The SMILES string of the molecule is Brc1cccc(C2=NC(c3ccccc3)CC(c3ccccc3)=N2)c1. The number of amidine groups is 1. The van der Waals surface area contributed by atoms with Crippen LogP contribution in [-0.2, 0) is 0 Å². The number of halogens is 1. The van der Waals surface area contributed by atoms with Crippen molar-refractivity contribution in [2.45, 2.75) is 12.5 Å². The maximum atomic E-state index is 4.95. The minimum absolute atomic E-state index is 0.0860. The lowest BCUT2D eigenvalue weighted by molar-refractivity contribution is 0.753. The normalized spacial score (nSPS) is 16.9. The van der Waals surface area contributed by atoms with Crippen molar-refractivity contribution in [1.29, 1.82) is 0 Å². The average molecular weight is 389 g/mol. The minimum Gasteiger partial charge on any atom is -0.258 e. The summed E-state index contributed by atoms with van der Waals surface area (Å²) in [5, 5.41) is 0. The van der Waals surface area contributed by atoms with E-state index >= 15 is 0 Å². The van der Waals surface area contributed by atoms with Crippen LogP contribution in [0.2, 0.25) is 0 Å². The number of rotatable bonds is 3. The molecular formula is C22H17BrN2. The third-order valence-electron chi connectivity index (χ3n) is 4.28. The fourth-order valence-electron chi connectivity index (χ4n) is 3.03. The zero-order chi connectivity index (χ0) is 17.1. The Hall–Kier alpha value is -2.52. The summed E-state index contributed by atoms with van der Waals surface area (Å²) in [6, 6.07) is 29.1. The van der Waals surface area contributed by atoms with Crippen molar-refractivity contribution in [3.8, 4) is 0 Å². The molecule has 0 radical (unpaired) electrons. The van der Waals surface area contributed by atoms with E-state index in [1.54, 1.807) is 0 Å². The Morgan fingerprint density at radius 3 is 2.16 bits per heavy atom. The second kappa shape index (κ2) is 7.16. The van der Waals surface area contributed by atoms with Crippen LogP contribution in [0.1, 0.15) is 29.2 Å². The van der Waals surface area contributed by atoms with Gasteiger partial charge < -0.3 is 0 Å². The molecule has 2 nitrogen and oxygen atoms in total. The standard InChI is InChI=1S/C22H17BrN2/c23-19-13-7-12-18(14-19)22-24-20(16-8-3-1-4-9-16)15-21(25-22)17-10-5-2-6-11-17/h1-14,20H,15H2. The van der Waals surface area contributed by atoms with E-state index in [0.29, 0.717) is 0 Å². The molecule has 3 aromatic rings. The van der Waals surface area contributed by atoms with Crippen LogP contribution in [0, 0.1) is 0 Å². The number of nitrogens with zero attached hydrogens (tertiary/aromatic N) is 2. The van der Waals surface area contributed by atoms with Gasteiger partial charge in [-0.05, 0) is 23.3 Å². The molecule has 0 N–H and O–H groups in total. The Labute approximate surface area is 156 Å². The van der Waals surface area contributed by atoms with E-state index in [4.69, 9.17) is 9.98 Å². The predicted molar refractivity (Wildman–Crippen MR) is 107 cm³/mol. The van der Waals surface area contributed by atoms with Gasteiger partial charge in [-0.1, -0.05) is 88.7 Å². The van der Waals surface area contributed by atoms with Gasteiger partial charge in [-0.25, -0.2) is 4.99 Å². The van der Waals surface area contributed by atoms with E-state index < -0.39 is 0 Å². The van der Waals surface area contributed by atoms with E-state index in [1.807, 2.05) is 24.3 Å². The van der Waals surface area contributed by atoms with Crippen LogP contribution >= 0.6 is 15.9 Å². The lowest BCUT2D eigenvalue weighted by Gasteiger charge is -2.21. The molecule has 1 aliphatic heterocycles. The molecular weight excluding hydrogens is 372 g/mol. The van der Waals surface area contributed by atoms with Crippen molar-refractivity contribution >= 4 is 27.5 Å². The third-order valence-corrected chi connectivity index (χ3v) is 4.77. The quantitative estimate of drug-likeness (QED) is 0.539. The van der Waals surface area contributed by atoms with Crippen molar-refractivity contribution in [1.82, 2.24) is 0 Å². The van der Waals surface area contributed by atoms with Crippen LogP contribution < -0.4 is 0 Å². The first-order chi connectivity index (χ1) is 12.3. The topological polar surface area (TPSA) is 24.7 Å². The van der Waals surface area contributed by atoms with Crippen LogP contribution in [-0.4, -0.2) is 11.5 Å². The zero-order valence-electron chi connectivity index (χ0n) is 13.6. The molecule has 0 amide bonds. The Morgan fingerprint density at radius 2 is 1.44 bits per heavy atom. The van der Waals surface area contributed by atoms with Crippen LogP contribution in [0.3, 0.4) is 0 Å². The first-order valence-corrected chi connectivity index (χ1v) is 9.10. The summed E-state index contributed by atoms with van der Waals surface area (Å²) >= 11 is 3.55. The summed E-state index contributed by atoms with van der Waals surface area (Å²) in [6.45, 7) is 0. The van der Waals surface area contributed by atoms with Gasteiger partial charge in [0, 0.05) is 16.5 Å².